The van der Waals surface area contributed by atoms with Crippen molar-refractivity contribution in [2.45, 2.75) is 6.61 Å². The normalized spacial score (nSPS) is 10.7. The predicted octanol–water partition coefficient (Wildman–Crippen LogP) is 3.37. The van der Waals surface area contributed by atoms with Gasteiger partial charge in [0.15, 0.2) is 17.5 Å². The van der Waals surface area contributed by atoms with Crippen LogP contribution >= 0.6 is 15.9 Å². The van der Waals surface area contributed by atoms with Gasteiger partial charge in [-0.1, -0.05) is 0 Å². The van der Waals surface area contributed by atoms with E-state index in [9.17, 15) is 8.78 Å². The number of rotatable bonds is 4. The molecule has 0 aliphatic carbocycles. The first kappa shape index (κ1) is 14.8. The standard InChI is InChI=1S/C13H12BrF2N3O/c1-17-13-11(14)10(6-20-2)18-12(19-13)7-3-4-8(15)9(16)5-7/h3-5H,6H2,1-2H3,(H,17,18,19). The van der Waals surface area contributed by atoms with Gasteiger partial charge in [0.05, 0.1) is 16.8 Å². The number of nitrogens with one attached hydrogen (secondary N) is 1. The van der Waals surface area contributed by atoms with E-state index in [0.717, 1.165) is 12.1 Å². The summed E-state index contributed by atoms with van der Waals surface area (Å²) in [6.07, 6.45) is 0. The lowest BCUT2D eigenvalue weighted by Crippen LogP contribution is -2.04. The molecule has 2 aromatic rings. The second-order valence-corrected chi connectivity index (χ2v) is 4.76. The number of halogens is 3. The highest BCUT2D eigenvalue weighted by atomic mass is 79.9. The van der Waals surface area contributed by atoms with E-state index in [2.05, 4.69) is 31.2 Å². The second kappa shape index (κ2) is 6.23. The maximum atomic E-state index is 13.3. The molecule has 0 atom stereocenters. The molecule has 1 aromatic carbocycles. The molecule has 1 N–H and O–H groups in total. The van der Waals surface area contributed by atoms with Crippen LogP contribution in [0, 0.1) is 11.6 Å². The van der Waals surface area contributed by atoms with Gasteiger partial charge in [-0.3, -0.25) is 0 Å². The fourth-order valence-electron chi connectivity index (χ4n) is 1.66. The molecule has 0 fully saturated rings. The molecule has 106 valence electrons. The van der Waals surface area contributed by atoms with Gasteiger partial charge in [0, 0.05) is 19.7 Å². The fourth-order valence-corrected chi connectivity index (χ4v) is 2.15. The van der Waals surface area contributed by atoms with Crippen molar-refractivity contribution >= 4 is 21.7 Å². The lowest BCUT2D eigenvalue weighted by Gasteiger charge is -2.11. The van der Waals surface area contributed by atoms with Crippen LogP contribution in [-0.2, 0) is 11.3 Å². The van der Waals surface area contributed by atoms with Crippen LogP contribution in [0.15, 0.2) is 22.7 Å². The first-order valence-corrected chi connectivity index (χ1v) is 6.54. The first-order chi connectivity index (χ1) is 9.56. The van der Waals surface area contributed by atoms with Gasteiger partial charge in [-0.25, -0.2) is 18.7 Å². The summed E-state index contributed by atoms with van der Waals surface area (Å²) in [6.45, 7) is 0.272. The summed E-state index contributed by atoms with van der Waals surface area (Å²) in [5.74, 6) is -1.000. The Kier molecular flexibility index (Phi) is 4.61. The number of hydrogen-bond acceptors (Lipinski definition) is 4. The molecule has 0 bridgehead atoms. The summed E-state index contributed by atoms with van der Waals surface area (Å²) < 4.78 is 32.0. The van der Waals surface area contributed by atoms with Crippen molar-refractivity contribution in [1.82, 2.24) is 9.97 Å². The van der Waals surface area contributed by atoms with Crippen molar-refractivity contribution in [3.63, 3.8) is 0 Å². The van der Waals surface area contributed by atoms with Crippen molar-refractivity contribution in [1.29, 1.82) is 0 Å². The van der Waals surface area contributed by atoms with Crippen molar-refractivity contribution in [3.05, 3.63) is 40.0 Å². The van der Waals surface area contributed by atoms with Gasteiger partial charge in [0.2, 0.25) is 0 Å². The van der Waals surface area contributed by atoms with Gasteiger partial charge in [-0.15, -0.1) is 0 Å². The minimum Gasteiger partial charge on any atom is -0.378 e. The highest BCUT2D eigenvalue weighted by Gasteiger charge is 2.14. The summed E-state index contributed by atoms with van der Waals surface area (Å²) >= 11 is 3.37. The van der Waals surface area contributed by atoms with E-state index in [1.54, 1.807) is 14.2 Å². The third-order valence-electron chi connectivity index (χ3n) is 2.62. The molecule has 0 amide bonds. The van der Waals surface area contributed by atoms with Crippen LogP contribution in [0.25, 0.3) is 11.4 Å². The molecule has 0 saturated carbocycles. The Labute approximate surface area is 123 Å². The van der Waals surface area contributed by atoms with Gasteiger partial charge in [0.1, 0.15) is 5.82 Å². The van der Waals surface area contributed by atoms with Crippen LogP contribution < -0.4 is 5.32 Å². The summed E-state index contributed by atoms with van der Waals surface area (Å²) in [4.78, 5) is 8.56. The molecule has 4 nitrogen and oxygen atoms in total. The lowest BCUT2D eigenvalue weighted by atomic mass is 10.2. The second-order valence-electron chi connectivity index (χ2n) is 3.97. The van der Waals surface area contributed by atoms with Crippen molar-refractivity contribution in [2.24, 2.45) is 0 Å². The summed E-state index contributed by atoms with van der Waals surface area (Å²) in [5, 5.41) is 2.91. The lowest BCUT2D eigenvalue weighted by molar-refractivity contribution is 0.181. The zero-order valence-electron chi connectivity index (χ0n) is 10.9. The number of anilines is 1. The quantitative estimate of drug-likeness (QED) is 0.924. The molecule has 0 saturated heterocycles. The van der Waals surface area contributed by atoms with E-state index in [4.69, 9.17) is 4.74 Å². The number of aromatic nitrogens is 2. The van der Waals surface area contributed by atoms with Crippen molar-refractivity contribution in [3.8, 4) is 11.4 Å². The highest BCUT2D eigenvalue weighted by molar-refractivity contribution is 9.10. The van der Waals surface area contributed by atoms with E-state index in [-0.39, 0.29) is 6.61 Å². The van der Waals surface area contributed by atoms with Crippen LogP contribution in [0.4, 0.5) is 14.6 Å². The Morgan fingerprint density at radius 3 is 2.60 bits per heavy atom. The predicted molar refractivity (Wildman–Crippen MR) is 75.3 cm³/mol. The zero-order chi connectivity index (χ0) is 14.7. The van der Waals surface area contributed by atoms with Crippen molar-refractivity contribution < 1.29 is 13.5 Å². The highest BCUT2D eigenvalue weighted by Crippen LogP contribution is 2.28. The van der Waals surface area contributed by atoms with Gasteiger partial charge in [-0.05, 0) is 34.1 Å². The van der Waals surface area contributed by atoms with E-state index >= 15 is 0 Å². The van der Waals surface area contributed by atoms with Crippen LogP contribution in [0.3, 0.4) is 0 Å². The average Bonchev–Trinajstić information content (AvgIpc) is 2.44. The van der Waals surface area contributed by atoms with E-state index in [1.807, 2.05) is 0 Å². The molecule has 1 aromatic heterocycles. The fraction of sp³-hybridized carbons (Fsp3) is 0.231. The van der Waals surface area contributed by atoms with Crippen LogP contribution in [-0.4, -0.2) is 24.1 Å². The monoisotopic (exact) mass is 343 g/mol. The Hall–Kier alpha value is -1.60. The molecule has 7 heteroatoms. The molecule has 1 heterocycles. The summed E-state index contributed by atoms with van der Waals surface area (Å²) in [6, 6.07) is 3.54. The van der Waals surface area contributed by atoms with Gasteiger partial charge in [-0.2, -0.15) is 0 Å². The number of hydrogen-bond donors (Lipinski definition) is 1. The third-order valence-corrected chi connectivity index (χ3v) is 3.45. The number of methoxy groups -OCH3 is 1. The van der Waals surface area contributed by atoms with Gasteiger partial charge < -0.3 is 10.1 Å². The Morgan fingerprint density at radius 1 is 1.25 bits per heavy atom. The molecule has 0 unspecified atom stereocenters. The maximum absolute atomic E-state index is 13.3. The molecule has 2 rings (SSSR count). The minimum absolute atomic E-state index is 0.272. The number of nitrogens with zero attached hydrogens (tertiary/aromatic N) is 2. The molecule has 0 spiro atoms. The van der Waals surface area contributed by atoms with Crippen LogP contribution in [0.2, 0.25) is 0 Å². The minimum atomic E-state index is -0.937. The maximum Gasteiger partial charge on any atom is 0.162 e. The van der Waals surface area contributed by atoms with Gasteiger partial charge in [0.25, 0.3) is 0 Å². The Morgan fingerprint density at radius 2 is 2.00 bits per heavy atom. The Balaban J connectivity index is 2.55. The zero-order valence-corrected chi connectivity index (χ0v) is 12.5. The molecule has 0 radical (unpaired) electrons. The Bertz CT molecular complexity index is 637. The van der Waals surface area contributed by atoms with E-state index < -0.39 is 11.6 Å². The number of benzene rings is 1. The molecule has 0 aliphatic rings. The molecular weight excluding hydrogens is 332 g/mol. The number of ether oxygens (including phenoxy) is 1. The summed E-state index contributed by atoms with van der Waals surface area (Å²) in [5.41, 5.74) is 1.01. The van der Waals surface area contributed by atoms with Gasteiger partial charge >= 0.3 is 0 Å². The third kappa shape index (κ3) is 2.94. The van der Waals surface area contributed by atoms with Crippen LogP contribution in [0.1, 0.15) is 5.69 Å². The molecule has 20 heavy (non-hydrogen) atoms. The van der Waals surface area contributed by atoms with E-state index in [0.29, 0.717) is 27.4 Å². The smallest absolute Gasteiger partial charge is 0.162 e. The van der Waals surface area contributed by atoms with Crippen LogP contribution in [0.5, 0.6) is 0 Å². The molecule has 0 aliphatic heterocycles. The van der Waals surface area contributed by atoms with E-state index in [1.165, 1.54) is 6.07 Å². The summed E-state index contributed by atoms with van der Waals surface area (Å²) in [7, 11) is 3.25. The largest absolute Gasteiger partial charge is 0.378 e. The average molecular weight is 344 g/mol. The first-order valence-electron chi connectivity index (χ1n) is 5.75. The SMILES string of the molecule is CNc1nc(-c2ccc(F)c(F)c2)nc(COC)c1Br. The molecular formula is C13H12BrF2N3O. The van der Waals surface area contributed by atoms with Crippen molar-refractivity contribution in [2.75, 3.05) is 19.5 Å². The topological polar surface area (TPSA) is 47.0 Å².